The van der Waals surface area contributed by atoms with E-state index in [2.05, 4.69) is 86.1 Å². The van der Waals surface area contributed by atoms with Crippen molar-refractivity contribution in [3.63, 3.8) is 0 Å². The van der Waals surface area contributed by atoms with Crippen LogP contribution in [-0.2, 0) is 10.8 Å². The molecule has 6 rings (SSSR count). The molecule has 0 bridgehead atoms. The van der Waals surface area contributed by atoms with E-state index in [4.69, 9.17) is 9.47 Å². The first-order valence-electron chi connectivity index (χ1n) is 11.2. The lowest BCUT2D eigenvalue weighted by Crippen LogP contribution is -2.24. The molecule has 0 amide bonds. The normalized spacial score (nSPS) is 15.8. The van der Waals surface area contributed by atoms with Crippen molar-refractivity contribution < 1.29 is 9.47 Å². The Kier molecular flexibility index (Phi) is 5.33. The van der Waals surface area contributed by atoms with E-state index in [-0.39, 0.29) is 10.8 Å². The van der Waals surface area contributed by atoms with Gasteiger partial charge in [0.15, 0.2) is 0 Å². The molecular weight excluding hydrogens is 472 g/mol. The third-order valence-electron chi connectivity index (χ3n) is 6.74. The van der Waals surface area contributed by atoms with Crippen LogP contribution in [0.5, 0.6) is 23.0 Å². The smallest absolute Gasteiger partial charge is 0.131 e. The van der Waals surface area contributed by atoms with E-state index in [0.717, 1.165) is 27.5 Å². The van der Waals surface area contributed by atoms with Crippen molar-refractivity contribution in [3.05, 3.63) is 118 Å². The van der Waals surface area contributed by atoms with Crippen LogP contribution in [0.4, 0.5) is 0 Å². The van der Waals surface area contributed by atoms with Gasteiger partial charge in [0, 0.05) is 37.6 Å². The molecule has 0 spiro atoms. The average molecular weight is 499 g/mol. The fourth-order valence-corrected chi connectivity index (χ4v) is 5.18. The summed E-state index contributed by atoms with van der Waals surface area (Å²) in [5.41, 5.74) is 4.98. The Morgan fingerprint density at radius 2 is 0.848 bits per heavy atom. The highest BCUT2D eigenvalue weighted by Gasteiger charge is 2.34. The Labute approximate surface area is 204 Å². The maximum atomic E-state index is 5.95. The first-order chi connectivity index (χ1) is 15.8. The van der Waals surface area contributed by atoms with Crippen molar-refractivity contribution in [3.8, 4) is 23.0 Å². The predicted octanol–water partition coefficient (Wildman–Crippen LogP) is 9.00. The number of benzene rings is 4. The molecule has 2 aliphatic heterocycles. The molecule has 4 aromatic rings. The van der Waals surface area contributed by atoms with Gasteiger partial charge in [0.1, 0.15) is 23.0 Å². The number of ether oxygens (including phenoxy) is 2. The van der Waals surface area contributed by atoms with Crippen LogP contribution in [-0.4, -0.2) is 0 Å². The minimum absolute atomic E-state index is 0.0193. The molecule has 0 N–H and O–H groups in total. The SMILES string of the molecule is CC1(C)c2ccccc2Oc2ccc(Br)cc21.CC1(C)c2ccccc2Oc2ccccc21. The molecule has 0 saturated carbocycles. The minimum Gasteiger partial charge on any atom is -0.457 e. The zero-order valence-corrected chi connectivity index (χ0v) is 20.9. The predicted molar refractivity (Wildman–Crippen MR) is 138 cm³/mol. The number of halogens is 1. The minimum atomic E-state index is -0.0199. The van der Waals surface area contributed by atoms with Crippen molar-refractivity contribution in [1.29, 1.82) is 0 Å². The molecule has 0 radical (unpaired) electrons. The van der Waals surface area contributed by atoms with Gasteiger partial charge in [-0.1, -0.05) is 98.2 Å². The molecule has 0 unspecified atom stereocenters. The Morgan fingerprint density at radius 3 is 1.30 bits per heavy atom. The van der Waals surface area contributed by atoms with Gasteiger partial charge in [0.2, 0.25) is 0 Å². The van der Waals surface area contributed by atoms with Crippen LogP contribution in [0.1, 0.15) is 49.9 Å². The average Bonchev–Trinajstić information content (AvgIpc) is 2.81. The standard InChI is InChI=1S/C15H13BrO.C15H14O/c1-15(2)11-5-3-4-6-13(11)17-14-8-7-10(16)9-12(14)15;1-15(2)11-7-3-5-9-13(11)16-14-10-6-4-8-12(14)15/h3-9H,1-2H3;3-10H,1-2H3. The fraction of sp³-hybridized carbons (Fsp3) is 0.200. The molecule has 2 aliphatic rings. The monoisotopic (exact) mass is 498 g/mol. The highest BCUT2D eigenvalue weighted by Crippen LogP contribution is 2.49. The van der Waals surface area contributed by atoms with Crippen molar-refractivity contribution in [2.45, 2.75) is 38.5 Å². The molecule has 2 nitrogen and oxygen atoms in total. The highest BCUT2D eigenvalue weighted by atomic mass is 79.9. The lowest BCUT2D eigenvalue weighted by atomic mass is 9.76. The molecule has 0 saturated heterocycles. The highest BCUT2D eigenvalue weighted by molar-refractivity contribution is 9.10. The second kappa shape index (κ2) is 8.07. The van der Waals surface area contributed by atoms with Crippen LogP contribution in [0.3, 0.4) is 0 Å². The molecule has 3 heteroatoms. The Hall–Kier alpha value is -3.04. The maximum Gasteiger partial charge on any atom is 0.131 e. The van der Waals surface area contributed by atoms with Crippen LogP contribution < -0.4 is 9.47 Å². The van der Waals surface area contributed by atoms with Crippen molar-refractivity contribution in [2.24, 2.45) is 0 Å². The molecule has 166 valence electrons. The van der Waals surface area contributed by atoms with Crippen LogP contribution in [0.25, 0.3) is 0 Å². The summed E-state index contributed by atoms with van der Waals surface area (Å²) in [6.07, 6.45) is 0. The van der Waals surface area contributed by atoms with Gasteiger partial charge >= 0.3 is 0 Å². The van der Waals surface area contributed by atoms with Gasteiger partial charge in [-0.2, -0.15) is 0 Å². The first-order valence-corrected chi connectivity index (χ1v) is 12.0. The van der Waals surface area contributed by atoms with E-state index in [1.165, 1.54) is 22.3 Å². The molecule has 2 heterocycles. The third-order valence-corrected chi connectivity index (χ3v) is 7.23. The summed E-state index contributed by atoms with van der Waals surface area (Å²) in [6, 6.07) is 31.0. The Balaban J connectivity index is 0.000000139. The van der Waals surface area contributed by atoms with Gasteiger partial charge < -0.3 is 9.47 Å². The summed E-state index contributed by atoms with van der Waals surface area (Å²) in [4.78, 5) is 0. The molecule has 0 aromatic heterocycles. The lowest BCUT2D eigenvalue weighted by Gasteiger charge is -2.34. The number of hydrogen-bond acceptors (Lipinski definition) is 2. The van der Waals surface area contributed by atoms with Crippen LogP contribution in [0.15, 0.2) is 95.5 Å². The van der Waals surface area contributed by atoms with Gasteiger partial charge in [-0.15, -0.1) is 0 Å². The third kappa shape index (κ3) is 3.75. The largest absolute Gasteiger partial charge is 0.457 e. The second-order valence-electron chi connectivity index (χ2n) is 9.58. The Bertz CT molecular complexity index is 1290. The first kappa shape index (κ1) is 21.8. The summed E-state index contributed by atoms with van der Waals surface area (Å²) in [5.74, 6) is 3.88. The van der Waals surface area contributed by atoms with Gasteiger partial charge in [0.25, 0.3) is 0 Å². The number of para-hydroxylation sites is 3. The van der Waals surface area contributed by atoms with Crippen LogP contribution in [0, 0.1) is 0 Å². The lowest BCUT2D eigenvalue weighted by molar-refractivity contribution is 0.417. The van der Waals surface area contributed by atoms with Gasteiger partial charge in [-0.3, -0.25) is 0 Å². The summed E-state index contributed by atoms with van der Waals surface area (Å²) >= 11 is 3.53. The van der Waals surface area contributed by atoms with E-state index in [9.17, 15) is 0 Å². The van der Waals surface area contributed by atoms with E-state index >= 15 is 0 Å². The van der Waals surface area contributed by atoms with E-state index in [0.29, 0.717) is 0 Å². The van der Waals surface area contributed by atoms with Crippen molar-refractivity contribution in [1.82, 2.24) is 0 Å². The number of rotatable bonds is 0. The van der Waals surface area contributed by atoms with Crippen molar-refractivity contribution in [2.75, 3.05) is 0 Å². The summed E-state index contributed by atoms with van der Waals surface area (Å²) in [6.45, 7) is 8.96. The molecule has 4 aromatic carbocycles. The van der Waals surface area contributed by atoms with Crippen LogP contribution >= 0.6 is 15.9 Å². The topological polar surface area (TPSA) is 18.5 Å². The molecule has 0 aliphatic carbocycles. The quantitative estimate of drug-likeness (QED) is 0.240. The molecule has 0 atom stereocenters. The van der Waals surface area contributed by atoms with E-state index < -0.39 is 0 Å². The van der Waals surface area contributed by atoms with Gasteiger partial charge in [0.05, 0.1) is 0 Å². The zero-order chi connectivity index (χ0) is 23.2. The summed E-state index contributed by atoms with van der Waals surface area (Å²) in [7, 11) is 0. The maximum absolute atomic E-state index is 5.95. The second-order valence-corrected chi connectivity index (χ2v) is 10.5. The van der Waals surface area contributed by atoms with E-state index in [1.807, 2.05) is 48.5 Å². The van der Waals surface area contributed by atoms with Crippen molar-refractivity contribution >= 4 is 15.9 Å². The van der Waals surface area contributed by atoms with Crippen LogP contribution in [0.2, 0.25) is 0 Å². The van der Waals surface area contributed by atoms with Gasteiger partial charge in [-0.25, -0.2) is 0 Å². The molecule has 0 fully saturated rings. The molecule has 33 heavy (non-hydrogen) atoms. The molecular formula is C30H27BrO2. The van der Waals surface area contributed by atoms with E-state index in [1.54, 1.807) is 0 Å². The number of fused-ring (bicyclic) bond motifs is 4. The summed E-state index contributed by atoms with van der Waals surface area (Å²) < 4.78 is 13.0. The summed E-state index contributed by atoms with van der Waals surface area (Å²) in [5, 5.41) is 0. The Morgan fingerprint density at radius 1 is 0.485 bits per heavy atom. The zero-order valence-electron chi connectivity index (χ0n) is 19.4. The number of hydrogen-bond donors (Lipinski definition) is 0. The van der Waals surface area contributed by atoms with Gasteiger partial charge in [-0.05, 0) is 36.4 Å². The fourth-order valence-electron chi connectivity index (χ4n) is 4.82.